The van der Waals surface area contributed by atoms with Gasteiger partial charge in [0, 0.05) is 30.2 Å². The van der Waals surface area contributed by atoms with E-state index in [2.05, 4.69) is 23.3 Å². The van der Waals surface area contributed by atoms with Crippen molar-refractivity contribution in [1.29, 1.82) is 0 Å². The summed E-state index contributed by atoms with van der Waals surface area (Å²) in [6.45, 7) is 6.26. The van der Waals surface area contributed by atoms with Gasteiger partial charge in [0.2, 0.25) is 0 Å². The molecule has 1 heterocycles. The zero-order chi connectivity index (χ0) is 13.5. The molecule has 1 aliphatic rings. The molecular formula is C15H20N2OS. The highest BCUT2D eigenvalue weighted by molar-refractivity contribution is 7.99. The Labute approximate surface area is 118 Å². The van der Waals surface area contributed by atoms with Gasteiger partial charge in [-0.3, -0.25) is 4.79 Å². The highest BCUT2D eigenvalue weighted by Gasteiger charge is 2.11. The van der Waals surface area contributed by atoms with Crippen LogP contribution in [-0.4, -0.2) is 30.5 Å². The van der Waals surface area contributed by atoms with Gasteiger partial charge in [0.05, 0.1) is 0 Å². The van der Waals surface area contributed by atoms with E-state index in [0.29, 0.717) is 6.54 Å². The Morgan fingerprint density at radius 1 is 1.47 bits per heavy atom. The molecule has 0 radical (unpaired) electrons. The first-order chi connectivity index (χ1) is 9.31. The lowest BCUT2D eigenvalue weighted by atomic mass is 9.98. The zero-order valence-corrected chi connectivity index (χ0v) is 11.9. The van der Waals surface area contributed by atoms with E-state index < -0.39 is 0 Å². The molecule has 0 aromatic heterocycles. The average molecular weight is 276 g/mol. The van der Waals surface area contributed by atoms with E-state index in [9.17, 15) is 4.79 Å². The van der Waals surface area contributed by atoms with Gasteiger partial charge in [-0.05, 0) is 36.2 Å². The molecule has 0 fully saturated rings. The van der Waals surface area contributed by atoms with Crippen molar-refractivity contribution in [2.24, 2.45) is 0 Å². The number of rotatable bonds is 6. The second-order valence-corrected chi connectivity index (χ2v) is 5.68. The number of carbonyl (C=O) groups excluding carboxylic acids is 1. The number of fused-ring (bicyclic) bond motifs is 1. The maximum atomic E-state index is 12.0. The van der Waals surface area contributed by atoms with E-state index in [1.807, 2.05) is 18.2 Å². The van der Waals surface area contributed by atoms with Crippen molar-refractivity contribution in [2.75, 3.05) is 24.6 Å². The predicted molar refractivity (Wildman–Crippen MR) is 81.7 cm³/mol. The lowest BCUT2D eigenvalue weighted by Crippen LogP contribution is -2.27. The van der Waals surface area contributed by atoms with E-state index in [1.165, 1.54) is 11.1 Å². The molecule has 2 N–H and O–H groups in total. The summed E-state index contributed by atoms with van der Waals surface area (Å²) in [5, 5.41) is 6.28. The topological polar surface area (TPSA) is 41.1 Å². The van der Waals surface area contributed by atoms with Gasteiger partial charge in [-0.25, -0.2) is 0 Å². The number of nitrogens with one attached hydrogen (secondary N) is 2. The molecule has 2 rings (SSSR count). The first-order valence-electron chi connectivity index (χ1n) is 6.60. The van der Waals surface area contributed by atoms with Crippen molar-refractivity contribution in [1.82, 2.24) is 10.6 Å². The molecule has 1 amide bonds. The van der Waals surface area contributed by atoms with Gasteiger partial charge in [0.1, 0.15) is 0 Å². The SMILES string of the molecule is C=CCSCCNC(=O)c1ccc2c(c1)CNCC2. The van der Waals surface area contributed by atoms with E-state index in [1.54, 1.807) is 11.8 Å². The zero-order valence-electron chi connectivity index (χ0n) is 11.1. The quantitative estimate of drug-likeness (QED) is 0.616. The third-order valence-electron chi connectivity index (χ3n) is 3.12. The van der Waals surface area contributed by atoms with Gasteiger partial charge in [-0.15, -0.1) is 6.58 Å². The lowest BCUT2D eigenvalue weighted by Gasteiger charge is -2.17. The van der Waals surface area contributed by atoms with Crippen LogP contribution in [0.5, 0.6) is 0 Å². The van der Waals surface area contributed by atoms with E-state index in [-0.39, 0.29) is 5.91 Å². The molecule has 0 spiro atoms. The van der Waals surface area contributed by atoms with Crippen LogP contribution >= 0.6 is 11.8 Å². The van der Waals surface area contributed by atoms with Crippen molar-refractivity contribution in [2.45, 2.75) is 13.0 Å². The molecule has 19 heavy (non-hydrogen) atoms. The van der Waals surface area contributed by atoms with Crippen molar-refractivity contribution in [3.05, 3.63) is 47.5 Å². The van der Waals surface area contributed by atoms with E-state index >= 15 is 0 Å². The summed E-state index contributed by atoms with van der Waals surface area (Å²) >= 11 is 1.77. The van der Waals surface area contributed by atoms with Crippen LogP contribution in [0.4, 0.5) is 0 Å². The highest BCUT2D eigenvalue weighted by atomic mass is 32.2. The number of benzene rings is 1. The monoisotopic (exact) mass is 276 g/mol. The normalized spacial score (nSPS) is 13.7. The minimum atomic E-state index is 0.0209. The van der Waals surface area contributed by atoms with Gasteiger partial charge in [0.25, 0.3) is 5.91 Å². The number of amides is 1. The maximum Gasteiger partial charge on any atom is 0.251 e. The Kier molecular flexibility index (Phi) is 5.48. The molecule has 0 atom stereocenters. The van der Waals surface area contributed by atoms with Crippen LogP contribution in [0, 0.1) is 0 Å². The minimum Gasteiger partial charge on any atom is -0.351 e. The fourth-order valence-electron chi connectivity index (χ4n) is 2.13. The first kappa shape index (κ1) is 14.2. The highest BCUT2D eigenvalue weighted by Crippen LogP contribution is 2.15. The Bertz CT molecular complexity index is 459. The smallest absolute Gasteiger partial charge is 0.251 e. The molecule has 3 nitrogen and oxygen atoms in total. The Balaban J connectivity index is 1.87. The number of thioether (sulfide) groups is 1. The first-order valence-corrected chi connectivity index (χ1v) is 7.76. The summed E-state index contributed by atoms with van der Waals surface area (Å²) < 4.78 is 0. The average Bonchev–Trinajstić information content (AvgIpc) is 2.46. The summed E-state index contributed by atoms with van der Waals surface area (Å²) in [6.07, 6.45) is 2.93. The third kappa shape index (κ3) is 4.11. The van der Waals surface area contributed by atoms with Crippen LogP contribution in [-0.2, 0) is 13.0 Å². The lowest BCUT2D eigenvalue weighted by molar-refractivity contribution is 0.0956. The molecule has 0 saturated carbocycles. The summed E-state index contributed by atoms with van der Waals surface area (Å²) in [5.41, 5.74) is 3.37. The van der Waals surface area contributed by atoms with Crippen molar-refractivity contribution in [3.63, 3.8) is 0 Å². The summed E-state index contributed by atoms with van der Waals surface area (Å²) in [5.74, 6) is 1.87. The van der Waals surface area contributed by atoms with E-state index in [0.717, 1.165) is 36.6 Å². The number of hydrogen-bond acceptors (Lipinski definition) is 3. The van der Waals surface area contributed by atoms with Crippen LogP contribution in [0.25, 0.3) is 0 Å². The number of hydrogen-bond donors (Lipinski definition) is 2. The van der Waals surface area contributed by atoms with Crippen LogP contribution in [0.1, 0.15) is 21.5 Å². The second-order valence-electron chi connectivity index (χ2n) is 4.53. The standard InChI is InChI=1S/C15H20N2OS/c1-2-8-19-9-7-17-15(18)13-4-3-12-5-6-16-11-14(12)10-13/h2-4,10,16H,1,5-9,11H2,(H,17,18). The number of carbonyl (C=O) groups is 1. The molecule has 102 valence electrons. The van der Waals surface area contributed by atoms with E-state index in [4.69, 9.17) is 0 Å². The van der Waals surface area contributed by atoms with Crippen LogP contribution < -0.4 is 10.6 Å². The fraction of sp³-hybridized carbons (Fsp3) is 0.400. The van der Waals surface area contributed by atoms with Gasteiger partial charge >= 0.3 is 0 Å². The summed E-state index contributed by atoms with van der Waals surface area (Å²) in [6, 6.07) is 6.02. The van der Waals surface area contributed by atoms with Gasteiger partial charge in [-0.2, -0.15) is 11.8 Å². The van der Waals surface area contributed by atoms with Gasteiger partial charge in [-0.1, -0.05) is 12.1 Å². The molecular weight excluding hydrogens is 256 g/mol. The van der Waals surface area contributed by atoms with Gasteiger partial charge in [0.15, 0.2) is 0 Å². The van der Waals surface area contributed by atoms with Crippen molar-refractivity contribution in [3.8, 4) is 0 Å². The van der Waals surface area contributed by atoms with Crippen LogP contribution in [0.15, 0.2) is 30.9 Å². The van der Waals surface area contributed by atoms with Gasteiger partial charge < -0.3 is 10.6 Å². The molecule has 0 unspecified atom stereocenters. The predicted octanol–water partition coefficient (Wildman–Crippen LogP) is 1.98. The Morgan fingerprint density at radius 2 is 2.37 bits per heavy atom. The third-order valence-corrected chi connectivity index (χ3v) is 4.09. The molecule has 1 aromatic carbocycles. The molecule has 1 aromatic rings. The molecule has 4 heteroatoms. The Morgan fingerprint density at radius 3 is 3.21 bits per heavy atom. The largest absolute Gasteiger partial charge is 0.351 e. The molecule has 0 saturated heterocycles. The fourth-order valence-corrected chi connectivity index (χ4v) is 2.71. The molecule has 1 aliphatic heterocycles. The minimum absolute atomic E-state index is 0.0209. The van der Waals surface area contributed by atoms with Crippen molar-refractivity contribution >= 4 is 17.7 Å². The summed E-state index contributed by atoms with van der Waals surface area (Å²) in [7, 11) is 0. The van der Waals surface area contributed by atoms with Crippen molar-refractivity contribution < 1.29 is 4.79 Å². The maximum absolute atomic E-state index is 12.0. The summed E-state index contributed by atoms with van der Waals surface area (Å²) in [4.78, 5) is 12.0. The molecule has 0 bridgehead atoms. The van der Waals surface area contributed by atoms with Crippen LogP contribution in [0.2, 0.25) is 0 Å². The second kappa shape index (κ2) is 7.36. The molecule has 0 aliphatic carbocycles. The van der Waals surface area contributed by atoms with Crippen LogP contribution in [0.3, 0.4) is 0 Å². The Hall–Kier alpha value is -1.26.